The Balaban J connectivity index is 2.97. The van der Waals surface area contributed by atoms with Gasteiger partial charge in [0.25, 0.3) is 10.0 Å². The molecule has 0 spiro atoms. The summed E-state index contributed by atoms with van der Waals surface area (Å²) < 4.78 is 27.0. The zero-order valence-electron chi connectivity index (χ0n) is 11.8. The summed E-state index contributed by atoms with van der Waals surface area (Å²) in [6.07, 6.45) is 2.27. The average molecular weight is 305 g/mol. The van der Waals surface area contributed by atoms with Crippen molar-refractivity contribution in [2.24, 2.45) is 0 Å². The van der Waals surface area contributed by atoms with Crippen LogP contribution in [0.1, 0.15) is 36.6 Å². The van der Waals surface area contributed by atoms with E-state index in [9.17, 15) is 8.42 Å². The van der Waals surface area contributed by atoms with Crippen molar-refractivity contribution in [3.63, 3.8) is 0 Å². The quantitative estimate of drug-likeness (QED) is 0.803. The number of rotatable bonds is 8. The zero-order chi connectivity index (χ0) is 14.5. The van der Waals surface area contributed by atoms with Gasteiger partial charge in [-0.15, -0.1) is 11.3 Å². The number of thiophene rings is 1. The SMILES string of the molecule is CCCCN(CCCO)S(=O)(=O)c1cc(C)c(C)s1. The van der Waals surface area contributed by atoms with E-state index in [0.717, 1.165) is 23.3 Å². The molecule has 1 aromatic heterocycles. The maximum Gasteiger partial charge on any atom is 0.252 e. The third-order valence-corrected chi connectivity index (χ3v) is 6.56. The van der Waals surface area contributed by atoms with Crippen LogP contribution in [0.2, 0.25) is 0 Å². The zero-order valence-corrected chi connectivity index (χ0v) is 13.5. The van der Waals surface area contributed by atoms with Gasteiger partial charge in [-0.1, -0.05) is 13.3 Å². The summed E-state index contributed by atoms with van der Waals surface area (Å²) in [4.78, 5) is 1.04. The molecule has 0 unspecified atom stereocenters. The first-order chi connectivity index (χ1) is 8.93. The Morgan fingerprint density at radius 1 is 1.26 bits per heavy atom. The van der Waals surface area contributed by atoms with Gasteiger partial charge in [-0.05, 0) is 38.3 Å². The highest BCUT2D eigenvalue weighted by molar-refractivity contribution is 7.91. The molecule has 0 aliphatic carbocycles. The van der Waals surface area contributed by atoms with E-state index in [-0.39, 0.29) is 6.61 Å². The number of aliphatic hydroxyl groups excluding tert-OH is 1. The molecule has 0 saturated heterocycles. The van der Waals surface area contributed by atoms with Crippen LogP contribution >= 0.6 is 11.3 Å². The van der Waals surface area contributed by atoms with Gasteiger partial charge in [-0.3, -0.25) is 0 Å². The van der Waals surface area contributed by atoms with Crippen molar-refractivity contribution < 1.29 is 13.5 Å². The maximum absolute atomic E-state index is 12.6. The van der Waals surface area contributed by atoms with Gasteiger partial charge in [0, 0.05) is 24.6 Å². The van der Waals surface area contributed by atoms with Crippen LogP contribution in [0.3, 0.4) is 0 Å². The second-order valence-electron chi connectivity index (χ2n) is 4.64. The first kappa shape index (κ1) is 16.6. The highest BCUT2D eigenvalue weighted by Crippen LogP contribution is 2.28. The van der Waals surface area contributed by atoms with E-state index in [1.54, 1.807) is 6.07 Å². The van der Waals surface area contributed by atoms with Gasteiger partial charge >= 0.3 is 0 Å². The van der Waals surface area contributed by atoms with Crippen LogP contribution in [0.25, 0.3) is 0 Å². The second kappa shape index (κ2) is 7.38. The molecule has 0 atom stereocenters. The average Bonchev–Trinajstić information content (AvgIpc) is 2.70. The molecule has 1 N–H and O–H groups in total. The van der Waals surface area contributed by atoms with Gasteiger partial charge in [0.1, 0.15) is 4.21 Å². The van der Waals surface area contributed by atoms with Crippen molar-refractivity contribution in [1.29, 1.82) is 0 Å². The molecule has 0 aliphatic heterocycles. The van der Waals surface area contributed by atoms with E-state index in [4.69, 9.17) is 5.11 Å². The van der Waals surface area contributed by atoms with Gasteiger partial charge in [-0.2, -0.15) is 4.31 Å². The van der Waals surface area contributed by atoms with E-state index < -0.39 is 10.0 Å². The molecule has 1 aromatic rings. The molecule has 0 aromatic carbocycles. The number of hydrogen-bond acceptors (Lipinski definition) is 4. The molecule has 0 amide bonds. The highest BCUT2D eigenvalue weighted by Gasteiger charge is 2.25. The number of hydrogen-bond donors (Lipinski definition) is 1. The Bertz CT molecular complexity index is 466. The van der Waals surface area contributed by atoms with Crippen LogP contribution < -0.4 is 0 Å². The molecule has 0 fully saturated rings. The summed E-state index contributed by atoms with van der Waals surface area (Å²) in [5.74, 6) is 0. The molecule has 6 heteroatoms. The maximum atomic E-state index is 12.6. The first-order valence-corrected chi connectivity index (χ1v) is 8.87. The fourth-order valence-electron chi connectivity index (χ4n) is 1.73. The molecule has 0 radical (unpaired) electrons. The largest absolute Gasteiger partial charge is 0.396 e. The van der Waals surface area contributed by atoms with Crippen LogP contribution in [-0.2, 0) is 10.0 Å². The van der Waals surface area contributed by atoms with E-state index in [0.29, 0.717) is 23.7 Å². The van der Waals surface area contributed by atoms with Crippen LogP contribution in [0, 0.1) is 13.8 Å². The third kappa shape index (κ3) is 4.27. The number of nitrogens with zero attached hydrogens (tertiary/aromatic N) is 1. The van der Waals surface area contributed by atoms with Gasteiger partial charge in [0.05, 0.1) is 0 Å². The summed E-state index contributed by atoms with van der Waals surface area (Å²) in [6, 6.07) is 1.74. The highest BCUT2D eigenvalue weighted by atomic mass is 32.2. The normalized spacial score (nSPS) is 12.3. The minimum Gasteiger partial charge on any atom is -0.396 e. The molecule has 0 bridgehead atoms. The molecular weight excluding hydrogens is 282 g/mol. The van der Waals surface area contributed by atoms with Gasteiger partial charge in [-0.25, -0.2) is 8.42 Å². The summed E-state index contributed by atoms with van der Waals surface area (Å²) >= 11 is 1.32. The fraction of sp³-hybridized carbons (Fsp3) is 0.692. The lowest BCUT2D eigenvalue weighted by Crippen LogP contribution is -2.33. The topological polar surface area (TPSA) is 57.6 Å². The van der Waals surface area contributed by atoms with E-state index >= 15 is 0 Å². The predicted molar refractivity (Wildman–Crippen MR) is 79.2 cm³/mol. The van der Waals surface area contributed by atoms with Crippen molar-refractivity contribution in [3.05, 3.63) is 16.5 Å². The molecule has 4 nitrogen and oxygen atoms in total. The predicted octanol–water partition coefficient (Wildman–Crippen LogP) is 2.54. The number of sulfonamides is 1. The Morgan fingerprint density at radius 3 is 2.37 bits per heavy atom. The summed E-state index contributed by atoms with van der Waals surface area (Å²) in [7, 11) is -3.41. The number of aliphatic hydroxyl groups is 1. The van der Waals surface area contributed by atoms with Gasteiger partial charge < -0.3 is 5.11 Å². The second-order valence-corrected chi connectivity index (χ2v) is 8.06. The number of unbranched alkanes of at least 4 members (excludes halogenated alkanes) is 1. The van der Waals surface area contributed by atoms with Crippen LogP contribution in [0.15, 0.2) is 10.3 Å². The van der Waals surface area contributed by atoms with Crippen LogP contribution in [-0.4, -0.2) is 37.5 Å². The van der Waals surface area contributed by atoms with Crippen molar-refractivity contribution >= 4 is 21.4 Å². The number of aryl methyl sites for hydroxylation is 2. The molecule has 0 aliphatic rings. The Labute approximate surface area is 120 Å². The summed E-state index contributed by atoms with van der Waals surface area (Å²) in [5, 5.41) is 8.91. The summed E-state index contributed by atoms with van der Waals surface area (Å²) in [6.45, 7) is 6.82. The van der Waals surface area contributed by atoms with Crippen LogP contribution in [0.4, 0.5) is 0 Å². The standard InChI is InChI=1S/C13H23NO3S2/c1-4-5-7-14(8-6-9-15)19(16,17)13-10-11(2)12(3)18-13/h10,15H,4-9H2,1-3H3. The van der Waals surface area contributed by atoms with Gasteiger partial charge in [0.15, 0.2) is 0 Å². The van der Waals surface area contributed by atoms with E-state index in [1.165, 1.54) is 15.6 Å². The minimum absolute atomic E-state index is 0.0145. The van der Waals surface area contributed by atoms with Crippen molar-refractivity contribution in [3.8, 4) is 0 Å². The van der Waals surface area contributed by atoms with E-state index in [1.807, 2.05) is 20.8 Å². The molecule has 1 rings (SSSR count). The Morgan fingerprint density at radius 2 is 1.89 bits per heavy atom. The van der Waals surface area contributed by atoms with Crippen LogP contribution in [0.5, 0.6) is 0 Å². The summed E-state index contributed by atoms with van der Waals surface area (Å²) in [5.41, 5.74) is 1.01. The Hall–Kier alpha value is -0.430. The Kier molecular flexibility index (Phi) is 6.46. The molecular formula is C13H23NO3S2. The third-order valence-electron chi connectivity index (χ3n) is 3.06. The lowest BCUT2D eigenvalue weighted by Gasteiger charge is -2.20. The first-order valence-electron chi connectivity index (χ1n) is 6.61. The lowest BCUT2D eigenvalue weighted by molar-refractivity contribution is 0.268. The smallest absolute Gasteiger partial charge is 0.252 e. The monoisotopic (exact) mass is 305 g/mol. The molecule has 0 saturated carbocycles. The molecule has 1 heterocycles. The molecule has 19 heavy (non-hydrogen) atoms. The van der Waals surface area contributed by atoms with Crippen molar-refractivity contribution in [2.45, 2.75) is 44.2 Å². The lowest BCUT2D eigenvalue weighted by atomic mass is 10.3. The van der Waals surface area contributed by atoms with Gasteiger partial charge in [0.2, 0.25) is 0 Å². The van der Waals surface area contributed by atoms with Crippen molar-refractivity contribution in [1.82, 2.24) is 4.31 Å². The molecule has 110 valence electrons. The fourth-order valence-corrected chi connectivity index (χ4v) is 4.92. The van der Waals surface area contributed by atoms with Crippen molar-refractivity contribution in [2.75, 3.05) is 19.7 Å². The van der Waals surface area contributed by atoms with E-state index in [2.05, 4.69) is 0 Å². The minimum atomic E-state index is -3.41.